The smallest absolute Gasteiger partial charge is 0.250 e. The highest BCUT2D eigenvalue weighted by Gasteiger charge is 2.10. The predicted molar refractivity (Wildman–Crippen MR) is 152 cm³/mol. The molecule has 0 bridgehead atoms. The van der Waals surface area contributed by atoms with Crippen molar-refractivity contribution in [2.24, 2.45) is 0 Å². The number of nitrogens with one attached hydrogen (secondary N) is 2. The normalized spacial score (nSPS) is 11.2. The fourth-order valence-electron chi connectivity index (χ4n) is 3.62. The number of hydrogen-bond acceptors (Lipinski definition) is 5. The Balaban J connectivity index is 1.17. The van der Waals surface area contributed by atoms with Gasteiger partial charge < -0.3 is 14.2 Å². The van der Waals surface area contributed by atoms with Crippen molar-refractivity contribution < 1.29 is 13.6 Å². The number of fused-ring (bicyclic) bond motifs is 1. The van der Waals surface area contributed by atoms with Crippen LogP contribution in [0.1, 0.15) is 11.3 Å². The number of thiocarbonyl (C=S) groups is 1. The maximum Gasteiger partial charge on any atom is 0.250 e. The first kappa shape index (κ1) is 24.8. The van der Waals surface area contributed by atoms with E-state index in [9.17, 15) is 4.79 Å². The summed E-state index contributed by atoms with van der Waals surface area (Å²) in [6.45, 7) is 2.01. The molecule has 2 aromatic heterocycles. The zero-order valence-corrected chi connectivity index (χ0v) is 21.7. The molecule has 0 saturated heterocycles. The molecule has 184 valence electrons. The van der Waals surface area contributed by atoms with Gasteiger partial charge in [0.2, 0.25) is 11.8 Å². The second-order valence-electron chi connectivity index (χ2n) is 8.20. The minimum absolute atomic E-state index is 0.161. The molecule has 0 fully saturated rings. The number of benzene rings is 3. The van der Waals surface area contributed by atoms with E-state index in [4.69, 9.17) is 44.3 Å². The van der Waals surface area contributed by atoms with Crippen molar-refractivity contribution in [1.82, 2.24) is 10.3 Å². The standard InChI is InChI=1S/C28H19Cl2N3O3S/c1-16-2-9-25-23(12-16)32-27(36-25)17-3-5-21(6-4-17)31-28(37)33-26(34)11-8-22-7-10-24(35-22)18-13-19(29)15-20(30)14-18/h2-15H,1H3,(H2,31,33,34,37)/b11-8+. The Kier molecular flexibility index (Phi) is 7.10. The first-order chi connectivity index (χ1) is 17.8. The fraction of sp³-hybridized carbons (Fsp3) is 0.0357. The van der Waals surface area contributed by atoms with Crippen LogP contribution in [0.2, 0.25) is 10.0 Å². The van der Waals surface area contributed by atoms with E-state index in [0.29, 0.717) is 33.1 Å². The van der Waals surface area contributed by atoms with Crippen LogP contribution in [0.3, 0.4) is 0 Å². The van der Waals surface area contributed by atoms with Gasteiger partial charge >= 0.3 is 0 Å². The Morgan fingerprint density at radius 1 is 0.919 bits per heavy atom. The molecule has 0 radical (unpaired) electrons. The predicted octanol–water partition coefficient (Wildman–Crippen LogP) is 7.90. The lowest BCUT2D eigenvalue weighted by atomic mass is 10.2. The number of oxazole rings is 1. The number of halogens is 2. The molecule has 1 amide bonds. The maximum absolute atomic E-state index is 12.3. The molecule has 2 heterocycles. The Bertz CT molecular complexity index is 1640. The molecule has 5 rings (SSSR count). The summed E-state index contributed by atoms with van der Waals surface area (Å²) in [7, 11) is 0. The van der Waals surface area contributed by atoms with Gasteiger partial charge in [0.15, 0.2) is 10.7 Å². The average Bonchev–Trinajstić information content (AvgIpc) is 3.49. The van der Waals surface area contributed by atoms with Gasteiger partial charge in [-0.25, -0.2) is 4.98 Å². The van der Waals surface area contributed by atoms with E-state index in [1.54, 1.807) is 36.4 Å². The quantitative estimate of drug-likeness (QED) is 0.172. The van der Waals surface area contributed by atoms with Gasteiger partial charge in [-0.3, -0.25) is 10.1 Å². The molecular formula is C28H19Cl2N3O3S. The van der Waals surface area contributed by atoms with Crippen LogP contribution < -0.4 is 10.6 Å². The summed E-state index contributed by atoms with van der Waals surface area (Å²) in [6, 6.07) is 21.9. The molecule has 0 unspecified atom stereocenters. The van der Waals surface area contributed by atoms with Gasteiger partial charge in [0.25, 0.3) is 0 Å². The topological polar surface area (TPSA) is 80.3 Å². The monoisotopic (exact) mass is 547 g/mol. The van der Waals surface area contributed by atoms with E-state index in [0.717, 1.165) is 27.8 Å². The Hall–Kier alpha value is -3.91. The molecule has 0 aliphatic carbocycles. The molecule has 0 spiro atoms. The van der Waals surface area contributed by atoms with E-state index in [1.807, 2.05) is 49.4 Å². The first-order valence-electron chi connectivity index (χ1n) is 11.2. The summed E-state index contributed by atoms with van der Waals surface area (Å²) in [6.07, 6.45) is 2.88. The van der Waals surface area contributed by atoms with E-state index in [-0.39, 0.29) is 5.11 Å². The van der Waals surface area contributed by atoms with Crippen molar-refractivity contribution in [1.29, 1.82) is 0 Å². The summed E-state index contributed by atoms with van der Waals surface area (Å²) in [4.78, 5) is 16.9. The highest BCUT2D eigenvalue weighted by atomic mass is 35.5. The van der Waals surface area contributed by atoms with Crippen LogP contribution in [0.4, 0.5) is 5.69 Å². The maximum atomic E-state index is 12.3. The third kappa shape index (κ3) is 6.09. The van der Waals surface area contributed by atoms with Gasteiger partial charge in [0.1, 0.15) is 17.0 Å². The number of hydrogen-bond donors (Lipinski definition) is 2. The summed E-state index contributed by atoms with van der Waals surface area (Å²) >= 11 is 17.4. The van der Waals surface area contributed by atoms with Crippen LogP contribution in [0.25, 0.3) is 40.0 Å². The summed E-state index contributed by atoms with van der Waals surface area (Å²) in [5.41, 5.74) is 4.95. The third-order valence-corrected chi connectivity index (χ3v) is 5.98. The zero-order valence-electron chi connectivity index (χ0n) is 19.4. The Labute approximate surface area is 227 Å². The largest absolute Gasteiger partial charge is 0.457 e. The molecular weight excluding hydrogens is 529 g/mol. The number of carbonyl (C=O) groups is 1. The van der Waals surface area contributed by atoms with Crippen LogP contribution >= 0.6 is 35.4 Å². The van der Waals surface area contributed by atoms with E-state index >= 15 is 0 Å². The summed E-state index contributed by atoms with van der Waals surface area (Å²) < 4.78 is 11.6. The molecule has 9 heteroatoms. The van der Waals surface area contributed by atoms with E-state index < -0.39 is 5.91 Å². The molecule has 0 aliphatic rings. The molecule has 0 aliphatic heterocycles. The van der Waals surface area contributed by atoms with Gasteiger partial charge in [-0.1, -0.05) is 29.3 Å². The third-order valence-electron chi connectivity index (χ3n) is 5.34. The molecule has 0 atom stereocenters. The number of aryl methyl sites for hydroxylation is 1. The number of aromatic nitrogens is 1. The average molecular weight is 548 g/mol. The van der Waals surface area contributed by atoms with Gasteiger partial charge in [-0.2, -0.15) is 0 Å². The molecule has 5 aromatic rings. The first-order valence-corrected chi connectivity index (χ1v) is 12.3. The van der Waals surface area contributed by atoms with Gasteiger partial charge in [-0.05, 0) is 97.5 Å². The Morgan fingerprint density at radius 3 is 2.43 bits per heavy atom. The lowest BCUT2D eigenvalue weighted by molar-refractivity contribution is -0.115. The lowest BCUT2D eigenvalue weighted by Crippen LogP contribution is -2.32. The van der Waals surface area contributed by atoms with E-state index in [2.05, 4.69) is 15.6 Å². The SMILES string of the molecule is Cc1ccc2oc(-c3ccc(NC(=S)NC(=O)/C=C/c4ccc(-c5cc(Cl)cc(Cl)c5)o4)cc3)nc2c1. The number of nitrogens with zero attached hydrogens (tertiary/aromatic N) is 1. The second kappa shape index (κ2) is 10.6. The molecule has 3 aromatic carbocycles. The highest BCUT2D eigenvalue weighted by molar-refractivity contribution is 7.80. The number of carbonyl (C=O) groups excluding carboxylic acids is 1. The fourth-order valence-corrected chi connectivity index (χ4v) is 4.37. The molecule has 6 nitrogen and oxygen atoms in total. The van der Waals surface area contributed by atoms with Gasteiger partial charge in [-0.15, -0.1) is 0 Å². The minimum Gasteiger partial charge on any atom is -0.457 e. The lowest BCUT2D eigenvalue weighted by Gasteiger charge is -2.08. The molecule has 0 saturated carbocycles. The van der Waals surface area contributed by atoms with Crippen molar-refractivity contribution >= 4 is 69.3 Å². The highest BCUT2D eigenvalue weighted by Crippen LogP contribution is 2.29. The number of furan rings is 1. The molecule has 2 N–H and O–H groups in total. The summed E-state index contributed by atoms with van der Waals surface area (Å²) in [5.74, 6) is 1.20. The van der Waals surface area contributed by atoms with Crippen LogP contribution in [-0.2, 0) is 4.79 Å². The van der Waals surface area contributed by atoms with Crippen molar-refractivity contribution in [2.45, 2.75) is 6.92 Å². The number of amides is 1. The van der Waals surface area contributed by atoms with Crippen molar-refractivity contribution in [3.63, 3.8) is 0 Å². The van der Waals surface area contributed by atoms with Crippen LogP contribution in [0, 0.1) is 6.92 Å². The second-order valence-corrected chi connectivity index (χ2v) is 9.49. The van der Waals surface area contributed by atoms with Crippen molar-refractivity contribution in [2.75, 3.05) is 5.32 Å². The van der Waals surface area contributed by atoms with E-state index in [1.165, 1.54) is 6.08 Å². The summed E-state index contributed by atoms with van der Waals surface area (Å²) in [5, 5.41) is 6.77. The van der Waals surface area contributed by atoms with Crippen molar-refractivity contribution in [3.8, 4) is 22.8 Å². The van der Waals surface area contributed by atoms with Crippen molar-refractivity contribution in [3.05, 3.63) is 100 Å². The number of anilines is 1. The van der Waals surface area contributed by atoms with Crippen LogP contribution in [-0.4, -0.2) is 16.0 Å². The molecule has 37 heavy (non-hydrogen) atoms. The minimum atomic E-state index is -0.403. The van der Waals surface area contributed by atoms with Crippen LogP contribution in [0.5, 0.6) is 0 Å². The van der Waals surface area contributed by atoms with Gasteiger partial charge in [0.05, 0.1) is 0 Å². The van der Waals surface area contributed by atoms with Gasteiger partial charge in [0, 0.05) is 32.9 Å². The zero-order chi connectivity index (χ0) is 25.9. The van der Waals surface area contributed by atoms with Crippen LogP contribution in [0.15, 0.2) is 87.7 Å². The number of rotatable bonds is 5. The Morgan fingerprint density at radius 2 is 1.68 bits per heavy atom.